The Balaban J connectivity index is 1.66. The van der Waals surface area contributed by atoms with Gasteiger partial charge in [0.05, 0.1) is 22.6 Å². The van der Waals surface area contributed by atoms with Gasteiger partial charge in [0.1, 0.15) is 11.6 Å². The first-order valence-corrected chi connectivity index (χ1v) is 14.7. The molecule has 0 heterocycles. The highest BCUT2D eigenvalue weighted by molar-refractivity contribution is 9.10. The number of ether oxygens (including phenoxy) is 1. The molecule has 0 fully saturated rings. The van der Waals surface area contributed by atoms with Crippen LogP contribution in [0.2, 0.25) is 0 Å². The maximum absolute atomic E-state index is 14.7. The van der Waals surface area contributed by atoms with E-state index in [0.29, 0.717) is 16.7 Å². The lowest BCUT2D eigenvalue weighted by atomic mass is 10.1. The van der Waals surface area contributed by atoms with Gasteiger partial charge in [-0.1, -0.05) is 46.3 Å². The topological polar surface area (TPSA) is 92.8 Å². The molecule has 0 aliphatic rings. The Morgan fingerprint density at radius 1 is 0.878 bits per heavy atom. The van der Waals surface area contributed by atoms with Crippen LogP contribution in [0.3, 0.4) is 0 Å². The van der Waals surface area contributed by atoms with Crippen LogP contribution in [0.5, 0.6) is 0 Å². The fraction of sp³-hybridized carbons (Fsp3) is 0.133. The van der Waals surface area contributed by atoms with Gasteiger partial charge >= 0.3 is 5.97 Å². The van der Waals surface area contributed by atoms with Gasteiger partial charge < -0.3 is 10.1 Å². The smallest absolute Gasteiger partial charge is 0.338 e. The number of carbonyl (C=O) groups is 2. The molecular weight excluding hydrogens is 618 g/mol. The molecule has 212 valence electrons. The van der Waals surface area contributed by atoms with Gasteiger partial charge in [-0.3, -0.25) is 4.79 Å². The SMILES string of the molecule is CCOC(=O)c1ccc(CN(Cc2ccc(Br)cc2)S(=O)(=O)c2ccc(F)c(C(=O)Nc3cccc(F)c3)c2)cc1. The number of carbonyl (C=O) groups excluding carboxylic acids is 2. The van der Waals surface area contributed by atoms with Crippen molar-refractivity contribution in [2.24, 2.45) is 0 Å². The van der Waals surface area contributed by atoms with Crippen LogP contribution in [0.25, 0.3) is 0 Å². The molecule has 0 spiro atoms. The molecule has 0 bridgehead atoms. The highest BCUT2D eigenvalue weighted by Crippen LogP contribution is 2.25. The van der Waals surface area contributed by atoms with Crippen molar-refractivity contribution in [3.05, 3.63) is 129 Å². The molecule has 41 heavy (non-hydrogen) atoms. The molecule has 0 saturated carbocycles. The lowest BCUT2D eigenvalue weighted by Gasteiger charge is -2.23. The van der Waals surface area contributed by atoms with Gasteiger partial charge in [-0.05, 0) is 78.7 Å². The average molecular weight is 644 g/mol. The van der Waals surface area contributed by atoms with E-state index in [4.69, 9.17) is 4.74 Å². The summed E-state index contributed by atoms with van der Waals surface area (Å²) in [5, 5.41) is 2.39. The van der Waals surface area contributed by atoms with Crippen molar-refractivity contribution in [1.29, 1.82) is 0 Å². The molecular formula is C30H25BrF2N2O5S. The van der Waals surface area contributed by atoms with Gasteiger partial charge in [0, 0.05) is 23.2 Å². The zero-order valence-corrected chi connectivity index (χ0v) is 24.2. The zero-order chi connectivity index (χ0) is 29.6. The highest BCUT2D eigenvalue weighted by Gasteiger charge is 2.27. The first-order valence-electron chi connectivity index (χ1n) is 12.4. The number of hydrogen-bond acceptors (Lipinski definition) is 5. The summed E-state index contributed by atoms with van der Waals surface area (Å²) < 4.78 is 63.0. The maximum atomic E-state index is 14.7. The maximum Gasteiger partial charge on any atom is 0.338 e. The van der Waals surface area contributed by atoms with E-state index in [2.05, 4.69) is 21.2 Å². The van der Waals surface area contributed by atoms with Gasteiger partial charge in [-0.2, -0.15) is 4.31 Å². The first kappa shape index (κ1) is 30.0. The Morgan fingerprint density at radius 3 is 2.12 bits per heavy atom. The number of amides is 1. The van der Waals surface area contributed by atoms with Gasteiger partial charge in [-0.25, -0.2) is 22.0 Å². The molecule has 0 aliphatic carbocycles. The lowest BCUT2D eigenvalue weighted by Crippen LogP contribution is -2.30. The molecule has 0 radical (unpaired) electrons. The number of anilines is 1. The van der Waals surface area contributed by atoms with Crippen LogP contribution in [0.4, 0.5) is 14.5 Å². The van der Waals surface area contributed by atoms with Crippen LogP contribution >= 0.6 is 15.9 Å². The molecule has 7 nitrogen and oxygen atoms in total. The van der Waals surface area contributed by atoms with E-state index in [-0.39, 0.29) is 30.3 Å². The summed E-state index contributed by atoms with van der Waals surface area (Å²) in [5.74, 6) is -2.96. The summed E-state index contributed by atoms with van der Waals surface area (Å²) in [6.07, 6.45) is 0. The van der Waals surface area contributed by atoms with E-state index < -0.39 is 39.1 Å². The van der Waals surface area contributed by atoms with Crippen LogP contribution in [-0.2, 0) is 27.8 Å². The van der Waals surface area contributed by atoms with Crippen molar-refractivity contribution < 1.29 is 31.5 Å². The predicted octanol–water partition coefficient (Wildman–Crippen LogP) is 6.55. The minimum atomic E-state index is -4.27. The van der Waals surface area contributed by atoms with Gasteiger partial charge in [0.15, 0.2) is 0 Å². The van der Waals surface area contributed by atoms with E-state index >= 15 is 0 Å². The minimum Gasteiger partial charge on any atom is -0.462 e. The van der Waals surface area contributed by atoms with Crippen LogP contribution in [-0.4, -0.2) is 31.2 Å². The predicted molar refractivity (Wildman–Crippen MR) is 154 cm³/mol. The average Bonchev–Trinajstić information content (AvgIpc) is 2.94. The summed E-state index contributed by atoms with van der Waals surface area (Å²) in [4.78, 5) is 24.5. The third kappa shape index (κ3) is 7.63. The van der Waals surface area contributed by atoms with Crippen molar-refractivity contribution in [2.75, 3.05) is 11.9 Å². The summed E-state index contributed by atoms with van der Waals surface area (Å²) in [7, 11) is -4.27. The van der Waals surface area contributed by atoms with Gasteiger partial charge in [-0.15, -0.1) is 0 Å². The normalized spacial score (nSPS) is 11.3. The number of hydrogen-bond donors (Lipinski definition) is 1. The second-order valence-electron chi connectivity index (χ2n) is 8.92. The van der Waals surface area contributed by atoms with E-state index in [0.717, 1.165) is 28.7 Å². The summed E-state index contributed by atoms with van der Waals surface area (Å²) >= 11 is 3.36. The molecule has 0 atom stereocenters. The molecule has 0 aromatic heterocycles. The largest absolute Gasteiger partial charge is 0.462 e. The number of rotatable bonds is 10. The monoisotopic (exact) mass is 642 g/mol. The third-order valence-electron chi connectivity index (χ3n) is 6.00. The number of nitrogens with one attached hydrogen (secondary N) is 1. The summed E-state index contributed by atoms with van der Waals surface area (Å²) in [6, 6.07) is 21.4. The molecule has 0 aliphatic heterocycles. The summed E-state index contributed by atoms with van der Waals surface area (Å²) in [5.41, 5.74) is 1.17. The molecule has 4 rings (SSSR count). The number of nitrogens with zero attached hydrogens (tertiary/aromatic N) is 1. The quantitative estimate of drug-likeness (QED) is 0.198. The van der Waals surface area contributed by atoms with Crippen LogP contribution in [0.15, 0.2) is 100 Å². The van der Waals surface area contributed by atoms with E-state index in [9.17, 15) is 26.8 Å². The van der Waals surface area contributed by atoms with E-state index in [1.165, 1.54) is 22.5 Å². The van der Waals surface area contributed by atoms with Crippen LogP contribution in [0.1, 0.15) is 38.8 Å². The Bertz CT molecular complexity index is 1660. The Hall–Kier alpha value is -3.93. The Kier molecular flexibility index (Phi) is 9.64. The zero-order valence-electron chi connectivity index (χ0n) is 21.8. The Labute approximate surface area is 244 Å². The molecule has 1 amide bonds. The van der Waals surface area contributed by atoms with E-state index in [1.807, 2.05) is 0 Å². The molecule has 0 unspecified atom stereocenters. The molecule has 1 N–H and O–H groups in total. The van der Waals surface area contributed by atoms with Crippen LogP contribution < -0.4 is 5.32 Å². The highest BCUT2D eigenvalue weighted by atomic mass is 79.9. The lowest BCUT2D eigenvalue weighted by molar-refractivity contribution is 0.0526. The van der Waals surface area contributed by atoms with Crippen molar-refractivity contribution in [3.63, 3.8) is 0 Å². The molecule has 0 saturated heterocycles. The summed E-state index contributed by atoms with van der Waals surface area (Å²) in [6.45, 7) is 1.81. The van der Waals surface area contributed by atoms with Gasteiger partial charge in [0.2, 0.25) is 10.0 Å². The standard InChI is InChI=1S/C30H25BrF2N2O5S/c1-2-40-30(37)22-10-6-20(7-11-22)18-35(19-21-8-12-23(31)13-9-21)41(38,39)26-14-15-28(33)27(17-26)29(36)34-25-5-3-4-24(32)16-25/h3-17H,2,18-19H2,1H3,(H,34,36). The fourth-order valence-corrected chi connectivity index (χ4v) is 5.64. The van der Waals surface area contributed by atoms with E-state index in [1.54, 1.807) is 55.5 Å². The van der Waals surface area contributed by atoms with Crippen molar-refractivity contribution in [1.82, 2.24) is 4.31 Å². The number of benzene rings is 4. The van der Waals surface area contributed by atoms with Crippen molar-refractivity contribution >= 4 is 43.5 Å². The number of halogens is 3. The molecule has 4 aromatic rings. The fourth-order valence-electron chi connectivity index (χ4n) is 3.94. The third-order valence-corrected chi connectivity index (χ3v) is 8.32. The van der Waals surface area contributed by atoms with Crippen LogP contribution in [0, 0.1) is 11.6 Å². The Morgan fingerprint density at radius 2 is 1.51 bits per heavy atom. The van der Waals surface area contributed by atoms with Crippen molar-refractivity contribution in [2.45, 2.75) is 24.9 Å². The van der Waals surface area contributed by atoms with Gasteiger partial charge in [0.25, 0.3) is 5.91 Å². The number of sulfonamides is 1. The second kappa shape index (κ2) is 13.2. The molecule has 11 heteroatoms. The minimum absolute atomic E-state index is 0.0303. The first-order chi connectivity index (χ1) is 19.6. The number of esters is 1. The second-order valence-corrected chi connectivity index (χ2v) is 11.8. The van der Waals surface area contributed by atoms with Crippen molar-refractivity contribution in [3.8, 4) is 0 Å². The molecule has 4 aromatic carbocycles.